The van der Waals surface area contributed by atoms with Gasteiger partial charge in [-0.1, -0.05) is 35.9 Å². The van der Waals surface area contributed by atoms with E-state index in [1.54, 1.807) is 35.2 Å². The van der Waals surface area contributed by atoms with Gasteiger partial charge in [0.15, 0.2) is 11.5 Å². The SMILES string of the molecule is COc1ccc(Cl)cc1NC(=O)[C@@H]1c2cc(OC)c(OC)cc2C(=O)N2CCc3ccccc3[C@H]12. The number of hydrogen-bond donors (Lipinski definition) is 1. The van der Waals surface area contributed by atoms with Crippen LogP contribution in [-0.2, 0) is 11.2 Å². The van der Waals surface area contributed by atoms with Crippen molar-refractivity contribution in [2.75, 3.05) is 33.2 Å². The van der Waals surface area contributed by atoms with E-state index >= 15 is 0 Å². The minimum atomic E-state index is -0.701. The van der Waals surface area contributed by atoms with Gasteiger partial charge in [0, 0.05) is 17.1 Å². The Morgan fingerprint density at radius 3 is 2.40 bits per heavy atom. The summed E-state index contributed by atoms with van der Waals surface area (Å²) in [4.78, 5) is 29.5. The van der Waals surface area contributed by atoms with Crippen LogP contribution in [0.15, 0.2) is 54.6 Å². The molecule has 2 amide bonds. The molecule has 2 atom stereocenters. The fourth-order valence-corrected chi connectivity index (χ4v) is 5.29. The van der Waals surface area contributed by atoms with Crippen LogP contribution in [0.1, 0.15) is 39.0 Å². The van der Waals surface area contributed by atoms with Crippen LogP contribution in [0.4, 0.5) is 5.69 Å². The average molecular weight is 493 g/mol. The van der Waals surface area contributed by atoms with E-state index in [9.17, 15) is 9.59 Å². The molecule has 0 saturated carbocycles. The largest absolute Gasteiger partial charge is 0.495 e. The Hall–Kier alpha value is -3.71. The molecule has 0 fully saturated rings. The van der Waals surface area contributed by atoms with Gasteiger partial charge in [0.25, 0.3) is 5.91 Å². The molecule has 0 aliphatic carbocycles. The molecule has 8 heteroatoms. The van der Waals surface area contributed by atoms with Crippen molar-refractivity contribution in [3.8, 4) is 17.2 Å². The standard InChI is InChI=1S/C27H25ClN2O5/c1-33-21-9-8-16(28)12-20(21)29-26(31)24-18-13-22(34-2)23(35-3)14-19(18)27(32)30-11-10-15-6-4-5-7-17(15)25(24)30/h4-9,12-14,24-25H,10-11H2,1-3H3,(H,29,31)/t24-,25-/m1/s1. The van der Waals surface area contributed by atoms with E-state index in [2.05, 4.69) is 11.4 Å². The molecule has 5 rings (SSSR count). The molecule has 2 aliphatic rings. The molecular weight excluding hydrogens is 468 g/mol. The molecule has 0 spiro atoms. The number of nitrogens with one attached hydrogen (secondary N) is 1. The minimum absolute atomic E-state index is 0.134. The summed E-state index contributed by atoms with van der Waals surface area (Å²) in [5.74, 6) is 0.264. The topological polar surface area (TPSA) is 77.1 Å². The number of halogens is 1. The average Bonchev–Trinajstić information content (AvgIpc) is 2.88. The summed E-state index contributed by atoms with van der Waals surface area (Å²) < 4.78 is 16.4. The highest BCUT2D eigenvalue weighted by Gasteiger charge is 2.47. The van der Waals surface area contributed by atoms with Crippen LogP contribution in [0.3, 0.4) is 0 Å². The number of carbonyl (C=O) groups excluding carboxylic acids is 2. The first-order valence-corrected chi connectivity index (χ1v) is 11.6. The van der Waals surface area contributed by atoms with Crippen molar-refractivity contribution in [2.45, 2.75) is 18.4 Å². The molecule has 35 heavy (non-hydrogen) atoms. The smallest absolute Gasteiger partial charge is 0.254 e. The molecule has 2 aliphatic heterocycles. The maximum Gasteiger partial charge on any atom is 0.254 e. The van der Waals surface area contributed by atoms with Crippen molar-refractivity contribution < 1.29 is 23.8 Å². The Kier molecular flexibility index (Phi) is 6.03. The Balaban J connectivity index is 1.69. The Morgan fingerprint density at radius 1 is 0.943 bits per heavy atom. The molecule has 180 valence electrons. The lowest BCUT2D eigenvalue weighted by Crippen LogP contribution is -2.49. The number of hydrogen-bond acceptors (Lipinski definition) is 5. The van der Waals surface area contributed by atoms with E-state index in [1.807, 2.05) is 18.2 Å². The summed E-state index contributed by atoms with van der Waals surface area (Å²) in [5, 5.41) is 3.47. The van der Waals surface area contributed by atoms with Crippen molar-refractivity contribution in [3.63, 3.8) is 0 Å². The summed E-state index contributed by atoms with van der Waals surface area (Å²) in [6.45, 7) is 0.512. The van der Waals surface area contributed by atoms with Crippen LogP contribution in [0.25, 0.3) is 0 Å². The molecule has 3 aromatic rings. The third kappa shape index (κ3) is 3.86. The number of anilines is 1. The zero-order valence-corrected chi connectivity index (χ0v) is 20.4. The third-order valence-corrected chi connectivity index (χ3v) is 6.97. The monoisotopic (exact) mass is 492 g/mol. The van der Waals surface area contributed by atoms with Crippen LogP contribution < -0.4 is 19.5 Å². The summed E-state index contributed by atoms with van der Waals surface area (Å²) >= 11 is 6.20. The predicted octanol–water partition coefficient (Wildman–Crippen LogP) is 4.84. The summed E-state index contributed by atoms with van der Waals surface area (Å²) in [6, 6.07) is 15.9. The number of carbonyl (C=O) groups is 2. The number of methoxy groups -OCH3 is 3. The highest BCUT2D eigenvalue weighted by Crippen LogP contribution is 2.49. The molecule has 2 heterocycles. The summed E-state index contributed by atoms with van der Waals surface area (Å²) in [7, 11) is 4.58. The number of nitrogens with zero attached hydrogens (tertiary/aromatic N) is 1. The molecule has 0 radical (unpaired) electrons. The van der Waals surface area contributed by atoms with Gasteiger partial charge in [-0.2, -0.15) is 0 Å². The zero-order chi connectivity index (χ0) is 24.7. The second kappa shape index (κ2) is 9.15. The number of amides is 2. The fourth-order valence-electron chi connectivity index (χ4n) is 5.12. The van der Waals surface area contributed by atoms with Gasteiger partial charge < -0.3 is 24.4 Å². The predicted molar refractivity (Wildman–Crippen MR) is 133 cm³/mol. The molecule has 0 bridgehead atoms. The van der Waals surface area contributed by atoms with Gasteiger partial charge in [0.2, 0.25) is 5.91 Å². The minimum Gasteiger partial charge on any atom is -0.495 e. The number of benzene rings is 3. The van der Waals surface area contributed by atoms with E-state index in [0.717, 1.165) is 17.5 Å². The second-order valence-electron chi connectivity index (χ2n) is 8.50. The molecular formula is C27H25ClN2O5. The molecule has 3 aromatic carbocycles. The second-order valence-corrected chi connectivity index (χ2v) is 8.93. The van der Waals surface area contributed by atoms with Crippen LogP contribution in [0.2, 0.25) is 5.02 Å². The molecule has 0 unspecified atom stereocenters. The van der Waals surface area contributed by atoms with E-state index in [0.29, 0.717) is 45.6 Å². The summed E-state index contributed by atoms with van der Waals surface area (Å²) in [6.07, 6.45) is 0.720. The highest BCUT2D eigenvalue weighted by atomic mass is 35.5. The van der Waals surface area contributed by atoms with Crippen molar-refractivity contribution in [1.82, 2.24) is 4.90 Å². The Morgan fingerprint density at radius 2 is 1.66 bits per heavy atom. The molecule has 1 N–H and O–H groups in total. The van der Waals surface area contributed by atoms with E-state index < -0.39 is 12.0 Å². The van der Waals surface area contributed by atoms with Crippen LogP contribution >= 0.6 is 11.6 Å². The van der Waals surface area contributed by atoms with Crippen LogP contribution in [-0.4, -0.2) is 44.6 Å². The van der Waals surface area contributed by atoms with Gasteiger partial charge in [0.1, 0.15) is 5.75 Å². The zero-order valence-electron chi connectivity index (χ0n) is 19.6. The first-order valence-electron chi connectivity index (χ1n) is 11.3. The summed E-state index contributed by atoms with van der Waals surface area (Å²) in [5.41, 5.74) is 3.56. The van der Waals surface area contributed by atoms with Crippen molar-refractivity contribution in [1.29, 1.82) is 0 Å². The van der Waals surface area contributed by atoms with Gasteiger partial charge in [-0.25, -0.2) is 0 Å². The quantitative estimate of drug-likeness (QED) is 0.551. The van der Waals surface area contributed by atoms with Crippen molar-refractivity contribution in [3.05, 3.63) is 81.9 Å². The van der Waals surface area contributed by atoms with E-state index in [-0.39, 0.29) is 11.8 Å². The third-order valence-electron chi connectivity index (χ3n) is 6.73. The van der Waals surface area contributed by atoms with Gasteiger partial charge in [0.05, 0.1) is 39.0 Å². The van der Waals surface area contributed by atoms with Crippen molar-refractivity contribution in [2.24, 2.45) is 0 Å². The normalized spacial score (nSPS) is 18.2. The maximum atomic E-state index is 14.0. The maximum absolute atomic E-state index is 14.0. The lowest BCUT2D eigenvalue weighted by Gasteiger charge is -2.45. The lowest BCUT2D eigenvalue weighted by atomic mass is 9.75. The Labute approximate surface area is 208 Å². The first kappa shape index (κ1) is 23.1. The van der Waals surface area contributed by atoms with Gasteiger partial charge >= 0.3 is 0 Å². The van der Waals surface area contributed by atoms with Crippen LogP contribution in [0, 0.1) is 0 Å². The molecule has 0 saturated heterocycles. The van der Waals surface area contributed by atoms with E-state index in [1.165, 1.54) is 21.3 Å². The van der Waals surface area contributed by atoms with Crippen LogP contribution in [0.5, 0.6) is 17.2 Å². The lowest BCUT2D eigenvalue weighted by molar-refractivity contribution is -0.119. The number of ether oxygens (including phenoxy) is 3. The Bertz CT molecular complexity index is 1320. The van der Waals surface area contributed by atoms with Gasteiger partial charge in [-0.15, -0.1) is 0 Å². The number of rotatable bonds is 5. The highest BCUT2D eigenvalue weighted by molar-refractivity contribution is 6.31. The van der Waals surface area contributed by atoms with Crippen molar-refractivity contribution >= 4 is 29.1 Å². The molecule has 0 aromatic heterocycles. The van der Waals surface area contributed by atoms with E-state index in [4.69, 9.17) is 25.8 Å². The fraction of sp³-hybridized carbons (Fsp3) is 0.259. The first-order chi connectivity index (χ1) is 17.0. The van der Waals surface area contributed by atoms with Gasteiger partial charge in [-0.05, 0) is 53.4 Å². The molecule has 7 nitrogen and oxygen atoms in total. The van der Waals surface area contributed by atoms with Gasteiger partial charge in [-0.3, -0.25) is 9.59 Å². The number of fused-ring (bicyclic) bond motifs is 4.